The minimum absolute atomic E-state index is 0.189. The van der Waals surface area contributed by atoms with E-state index in [2.05, 4.69) is 5.32 Å². The number of rotatable bonds is 8. The minimum atomic E-state index is -0.450. The summed E-state index contributed by atoms with van der Waals surface area (Å²) in [6.45, 7) is 8.44. The van der Waals surface area contributed by atoms with Crippen molar-refractivity contribution in [2.45, 2.75) is 70.7 Å². The summed E-state index contributed by atoms with van der Waals surface area (Å²) in [5, 5.41) is 12.9. The van der Waals surface area contributed by atoms with Crippen LogP contribution in [0, 0.1) is 0 Å². The molecule has 2 N–H and O–H groups in total. The third-order valence-corrected chi connectivity index (χ3v) is 3.27. The van der Waals surface area contributed by atoms with Gasteiger partial charge in [-0.15, -0.1) is 0 Å². The second-order valence-corrected chi connectivity index (χ2v) is 6.41. The molecule has 1 aliphatic carbocycles. The van der Waals surface area contributed by atoms with Gasteiger partial charge in [0.25, 0.3) is 0 Å². The molecule has 1 atom stereocenters. The second-order valence-electron chi connectivity index (χ2n) is 6.41. The highest BCUT2D eigenvalue weighted by Crippen LogP contribution is 2.19. The Kier molecular flexibility index (Phi) is 7.91. The first-order chi connectivity index (χ1) is 8.97. The highest BCUT2D eigenvalue weighted by molar-refractivity contribution is 4.66. The zero-order valence-electron chi connectivity index (χ0n) is 12.8. The molecule has 0 heterocycles. The normalized spacial score (nSPS) is 19.6. The van der Waals surface area contributed by atoms with Crippen molar-refractivity contribution in [3.8, 4) is 0 Å². The van der Waals surface area contributed by atoms with E-state index in [-0.39, 0.29) is 5.60 Å². The van der Waals surface area contributed by atoms with E-state index in [1.54, 1.807) is 0 Å². The topological polar surface area (TPSA) is 50.7 Å². The van der Waals surface area contributed by atoms with Gasteiger partial charge in [0.05, 0.1) is 31.0 Å². The SMILES string of the molecule is CC(C)(C)OCC(O)CNCCOC1CCCCC1. The average molecular weight is 273 g/mol. The maximum Gasteiger partial charge on any atom is 0.0897 e. The van der Waals surface area contributed by atoms with Gasteiger partial charge in [-0.1, -0.05) is 19.3 Å². The van der Waals surface area contributed by atoms with Crippen LogP contribution in [0.3, 0.4) is 0 Å². The van der Waals surface area contributed by atoms with Gasteiger partial charge in [0.1, 0.15) is 0 Å². The molecule has 1 saturated carbocycles. The lowest BCUT2D eigenvalue weighted by atomic mass is 9.98. The number of ether oxygens (including phenoxy) is 2. The fraction of sp³-hybridized carbons (Fsp3) is 1.00. The van der Waals surface area contributed by atoms with Gasteiger partial charge in [-0.2, -0.15) is 0 Å². The molecule has 1 rings (SSSR count). The summed E-state index contributed by atoms with van der Waals surface area (Å²) < 4.78 is 11.3. The van der Waals surface area contributed by atoms with Crippen LogP contribution in [0.4, 0.5) is 0 Å². The van der Waals surface area contributed by atoms with Gasteiger partial charge < -0.3 is 19.9 Å². The van der Waals surface area contributed by atoms with Crippen molar-refractivity contribution in [2.75, 3.05) is 26.3 Å². The quantitative estimate of drug-likeness (QED) is 0.665. The predicted molar refractivity (Wildman–Crippen MR) is 77.4 cm³/mol. The van der Waals surface area contributed by atoms with Crippen molar-refractivity contribution in [2.24, 2.45) is 0 Å². The Morgan fingerprint density at radius 3 is 2.53 bits per heavy atom. The Hall–Kier alpha value is -0.160. The van der Waals surface area contributed by atoms with Crippen LogP contribution in [0.25, 0.3) is 0 Å². The zero-order valence-corrected chi connectivity index (χ0v) is 12.8. The fourth-order valence-electron chi connectivity index (χ4n) is 2.20. The summed E-state index contributed by atoms with van der Waals surface area (Å²) in [6.07, 6.45) is 6.41. The molecule has 0 bridgehead atoms. The number of nitrogens with one attached hydrogen (secondary N) is 1. The van der Waals surface area contributed by atoms with E-state index in [0.29, 0.717) is 19.3 Å². The average Bonchev–Trinajstić information content (AvgIpc) is 2.36. The van der Waals surface area contributed by atoms with E-state index in [4.69, 9.17) is 9.47 Å². The molecule has 114 valence electrons. The van der Waals surface area contributed by atoms with Crippen LogP contribution < -0.4 is 5.32 Å². The molecule has 0 radical (unpaired) electrons. The second kappa shape index (κ2) is 8.90. The lowest BCUT2D eigenvalue weighted by Gasteiger charge is -2.23. The Morgan fingerprint density at radius 1 is 1.21 bits per heavy atom. The Bertz CT molecular complexity index is 222. The number of aliphatic hydroxyl groups excluding tert-OH is 1. The highest BCUT2D eigenvalue weighted by Gasteiger charge is 2.14. The molecular formula is C15H31NO3. The van der Waals surface area contributed by atoms with Crippen LogP contribution >= 0.6 is 0 Å². The smallest absolute Gasteiger partial charge is 0.0897 e. The summed E-state index contributed by atoms with van der Waals surface area (Å²) in [5.74, 6) is 0. The van der Waals surface area contributed by atoms with Gasteiger partial charge in [-0.3, -0.25) is 0 Å². The first-order valence-electron chi connectivity index (χ1n) is 7.62. The van der Waals surface area contributed by atoms with Crippen molar-refractivity contribution in [1.29, 1.82) is 0 Å². The zero-order chi connectivity index (χ0) is 14.1. The fourth-order valence-corrected chi connectivity index (χ4v) is 2.20. The van der Waals surface area contributed by atoms with Gasteiger partial charge >= 0.3 is 0 Å². The number of hydrogen-bond donors (Lipinski definition) is 2. The molecule has 0 aromatic heterocycles. The van der Waals surface area contributed by atoms with Crippen LogP contribution in [0.15, 0.2) is 0 Å². The molecule has 1 aliphatic rings. The molecule has 1 unspecified atom stereocenters. The van der Waals surface area contributed by atoms with E-state index >= 15 is 0 Å². The third kappa shape index (κ3) is 9.38. The van der Waals surface area contributed by atoms with E-state index in [0.717, 1.165) is 13.2 Å². The molecule has 0 aromatic carbocycles. The van der Waals surface area contributed by atoms with Crippen LogP contribution in [-0.2, 0) is 9.47 Å². The van der Waals surface area contributed by atoms with Gasteiger partial charge in [0.15, 0.2) is 0 Å². The van der Waals surface area contributed by atoms with Gasteiger partial charge in [0, 0.05) is 13.1 Å². The molecule has 0 amide bonds. The highest BCUT2D eigenvalue weighted by atomic mass is 16.5. The van der Waals surface area contributed by atoms with Gasteiger partial charge in [-0.25, -0.2) is 0 Å². The number of aliphatic hydroxyl groups is 1. The van der Waals surface area contributed by atoms with Crippen LogP contribution in [-0.4, -0.2) is 49.2 Å². The van der Waals surface area contributed by atoms with E-state index < -0.39 is 6.10 Å². The summed E-state index contributed by atoms with van der Waals surface area (Å²) in [6, 6.07) is 0. The molecule has 19 heavy (non-hydrogen) atoms. The lowest BCUT2D eigenvalue weighted by molar-refractivity contribution is -0.0484. The standard InChI is InChI=1S/C15H31NO3/c1-15(2,3)19-12-13(17)11-16-9-10-18-14-7-5-4-6-8-14/h13-14,16-17H,4-12H2,1-3H3. The number of hydrogen-bond acceptors (Lipinski definition) is 4. The monoisotopic (exact) mass is 273 g/mol. The van der Waals surface area contributed by atoms with Crippen molar-refractivity contribution < 1.29 is 14.6 Å². The van der Waals surface area contributed by atoms with Gasteiger partial charge in [0.2, 0.25) is 0 Å². The molecule has 4 heteroatoms. The minimum Gasteiger partial charge on any atom is -0.389 e. The molecule has 1 fully saturated rings. The first-order valence-corrected chi connectivity index (χ1v) is 7.62. The summed E-state index contributed by atoms with van der Waals surface area (Å²) >= 11 is 0. The first kappa shape index (κ1) is 16.9. The molecular weight excluding hydrogens is 242 g/mol. The summed E-state index contributed by atoms with van der Waals surface area (Å²) in [4.78, 5) is 0. The van der Waals surface area contributed by atoms with Crippen molar-refractivity contribution in [3.05, 3.63) is 0 Å². The summed E-state index contributed by atoms with van der Waals surface area (Å²) in [7, 11) is 0. The van der Waals surface area contributed by atoms with E-state index in [1.807, 2.05) is 20.8 Å². The molecule has 0 aromatic rings. The predicted octanol–water partition coefficient (Wildman–Crippen LogP) is 2.10. The Morgan fingerprint density at radius 2 is 1.89 bits per heavy atom. The van der Waals surface area contributed by atoms with Crippen LogP contribution in [0.1, 0.15) is 52.9 Å². The van der Waals surface area contributed by atoms with Crippen LogP contribution in [0.5, 0.6) is 0 Å². The van der Waals surface area contributed by atoms with E-state index in [1.165, 1.54) is 32.1 Å². The van der Waals surface area contributed by atoms with Gasteiger partial charge in [-0.05, 0) is 33.6 Å². The van der Waals surface area contributed by atoms with Crippen LogP contribution in [0.2, 0.25) is 0 Å². The third-order valence-electron chi connectivity index (χ3n) is 3.27. The lowest BCUT2D eigenvalue weighted by Crippen LogP contribution is -2.35. The van der Waals surface area contributed by atoms with E-state index in [9.17, 15) is 5.11 Å². The van der Waals surface area contributed by atoms with Crippen molar-refractivity contribution in [1.82, 2.24) is 5.32 Å². The summed E-state index contributed by atoms with van der Waals surface area (Å²) in [5.41, 5.74) is -0.189. The Balaban J connectivity index is 1.92. The molecule has 0 aliphatic heterocycles. The molecule has 4 nitrogen and oxygen atoms in total. The molecule has 0 spiro atoms. The van der Waals surface area contributed by atoms with Crippen molar-refractivity contribution in [3.63, 3.8) is 0 Å². The van der Waals surface area contributed by atoms with Crippen molar-refractivity contribution >= 4 is 0 Å². The Labute approximate surface area is 117 Å². The largest absolute Gasteiger partial charge is 0.389 e. The maximum atomic E-state index is 9.73. The maximum absolute atomic E-state index is 9.73. The molecule has 0 saturated heterocycles.